The molecule has 3 nitrogen and oxygen atoms in total. The standard InChI is InChI=1S/C12H10I.C3H8O3S/c1-3-7-11(8-4-1)13-12-9-5-2-6-10-12;1-2-3-7(4,5)6/h1-10H;2-3H2,1H3,(H,4,5,6)/q+1;/p-1. The first-order valence-corrected chi connectivity index (χ1v) is 9.93. The van der Waals surface area contributed by atoms with Crippen LogP contribution in [0.1, 0.15) is 13.3 Å². The summed E-state index contributed by atoms with van der Waals surface area (Å²) in [6.07, 6.45) is 0.409. The highest BCUT2D eigenvalue weighted by atomic mass is 127. The molecule has 5 heteroatoms. The van der Waals surface area contributed by atoms with Gasteiger partial charge in [-0.05, 0) is 30.7 Å². The minimum atomic E-state index is -3.92. The van der Waals surface area contributed by atoms with Crippen molar-refractivity contribution < 1.29 is 34.2 Å². The molecular formula is C15H17IO3S. The van der Waals surface area contributed by atoms with Gasteiger partial charge in [0.2, 0.25) is 0 Å². The van der Waals surface area contributed by atoms with E-state index in [1.165, 1.54) is 7.14 Å². The van der Waals surface area contributed by atoms with Crippen LogP contribution in [0.15, 0.2) is 60.7 Å². The molecule has 0 amide bonds. The van der Waals surface area contributed by atoms with Crippen molar-refractivity contribution in [1.29, 1.82) is 0 Å². The monoisotopic (exact) mass is 404 g/mol. The van der Waals surface area contributed by atoms with Crippen LogP contribution in [-0.2, 0) is 10.1 Å². The second-order valence-electron chi connectivity index (χ2n) is 3.95. The summed E-state index contributed by atoms with van der Waals surface area (Å²) < 4.78 is 32.0. The molecule has 0 saturated carbocycles. The van der Waals surface area contributed by atoms with Crippen LogP contribution >= 0.6 is 0 Å². The van der Waals surface area contributed by atoms with Gasteiger partial charge in [-0.2, -0.15) is 0 Å². The van der Waals surface area contributed by atoms with E-state index in [4.69, 9.17) is 0 Å². The zero-order valence-electron chi connectivity index (χ0n) is 11.2. The summed E-state index contributed by atoms with van der Waals surface area (Å²) >= 11 is 0.0287. The fourth-order valence-electron chi connectivity index (χ4n) is 1.33. The van der Waals surface area contributed by atoms with E-state index in [9.17, 15) is 13.0 Å². The lowest BCUT2D eigenvalue weighted by atomic mass is 10.4. The third kappa shape index (κ3) is 8.29. The maximum absolute atomic E-state index is 9.68. The average Bonchev–Trinajstić information content (AvgIpc) is 2.40. The Bertz CT molecular complexity index is 546. The molecule has 0 heterocycles. The molecule has 0 bridgehead atoms. The Morgan fingerprint density at radius 3 is 1.55 bits per heavy atom. The molecule has 0 fully saturated rings. The van der Waals surface area contributed by atoms with E-state index in [1.807, 2.05) is 0 Å². The van der Waals surface area contributed by atoms with Gasteiger partial charge >= 0.3 is 21.2 Å². The first-order valence-electron chi connectivity index (χ1n) is 6.20. The van der Waals surface area contributed by atoms with Crippen LogP contribution in [-0.4, -0.2) is 18.7 Å². The highest BCUT2D eigenvalue weighted by Crippen LogP contribution is 1.85. The maximum Gasteiger partial charge on any atom is 0.357 e. The number of hydrogen-bond donors (Lipinski definition) is 0. The Labute approximate surface area is 131 Å². The van der Waals surface area contributed by atoms with E-state index >= 15 is 0 Å². The second kappa shape index (κ2) is 9.10. The number of hydrogen-bond acceptors (Lipinski definition) is 3. The first-order chi connectivity index (χ1) is 9.51. The normalized spacial score (nSPS) is 10.5. The van der Waals surface area contributed by atoms with Crippen LogP contribution in [0, 0.1) is 7.14 Å². The van der Waals surface area contributed by atoms with E-state index in [0.717, 1.165) is 0 Å². The summed E-state index contributed by atoms with van der Waals surface area (Å²) in [5, 5.41) is 0. The zero-order chi connectivity index (χ0) is 14.8. The summed E-state index contributed by atoms with van der Waals surface area (Å²) in [7, 11) is -3.92. The van der Waals surface area contributed by atoms with Crippen molar-refractivity contribution >= 4 is 10.1 Å². The van der Waals surface area contributed by atoms with Crippen molar-refractivity contribution in [2.75, 3.05) is 5.75 Å². The molecule has 2 rings (SSSR count). The number of halogens is 1. The van der Waals surface area contributed by atoms with Gasteiger partial charge in [-0.3, -0.25) is 0 Å². The van der Waals surface area contributed by atoms with Crippen LogP contribution < -0.4 is 21.2 Å². The Balaban J connectivity index is 0.000000246. The van der Waals surface area contributed by atoms with Gasteiger partial charge in [0.05, 0.1) is 10.1 Å². The molecule has 20 heavy (non-hydrogen) atoms. The van der Waals surface area contributed by atoms with Crippen LogP contribution in [0.2, 0.25) is 0 Å². The summed E-state index contributed by atoms with van der Waals surface area (Å²) in [6, 6.07) is 21.4. The average molecular weight is 404 g/mol. The van der Waals surface area contributed by atoms with Crippen LogP contribution in [0.4, 0.5) is 0 Å². The van der Waals surface area contributed by atoms with E-state index < -0.39 is 10.1 Å². The minimum Gasteiger partial charge on any atom is -0.748 e. The van der Waals surface area contributed by atoms with Crippen molar-refractivity contribution in [1.82, 2.24) is 0 Å². The second-order valence-corrected chi connectivity index (χ2v) is 8.50. The molecular weight excluding hydrogens is 387 g/mol. The molecule has 2 aromatic rings. The quantitative estimate of drug-likeness (QED) is 0.522. The number of rotatable bonds is 4. The SMILES string of the molecule is CCCS(=O)(=O)[O-].c1ccc([I+]c2ccccc2)cc1. The maximum atomic E-state index is 9.68. The van der Waals surface area contributed by atoms with Crippen molar-refractivity contribution in [3.8, 4) is 0 Å². The van der Waals surface area contributed by atoms with Crippen LogP contribution in [0.25, 0.3) is 0 Å². The van der Waals surface area contributed by atoms with E-state index in [-0.39, 0.29) is 27.0 Å². The van der Waals surface area contributed by atoms with Crippen molar-refractivity contribution in [2.24, 2.45) is 0 Å². The van der Waals surface area contributed by atoms with Gasteiger partial charge in [-0.15, -0.1) is 0 Å². The van der Waals surface area contributed by atoms with Crippen molar-refractivity contribution in [3.63, 3.8) is 0 Å². The van der Waals surface area contributed by atoms with Crippen molar-refractivity contribution in [3.05, 3.63) is 67.8 Å². The summed E-state index contributed by atoms with van der Waals surface area (Å²) in [6.45, 7) is 1.65. The van der Waals surface area contributed by atoms with Gasteiger partial charge in [0, 0.05) is 5.75 Å². The Hall–Kier alpha value is -0.920. The summed E-state index contributed by atoms with van der Waals surface area (Å²) in [5.41, 5.74) is 0. The molecule has 0 saturated heterocycles. The van der Waals surface area contributed by atoms with Gasteiger partial charge < -0.3 is 4.55 Å². The molecule has 108 valence electrons. The van der Waals surface area contributed by atoms with Gasteiger partial charge in [0.25, 0.3) is 0 Å². The third-order valence-electron chi connectivity index (χ3n) is 2.14. The fraction of sp³-hybridized carbons (Fsp3) is 0.200. The topological polar surface area (TPSA) is 57.2 Å². The molecule has 0 aromatic heterocycles. The van der Waals surface area contributed by atoms with E-state index in [0.29, 0.717) is 6.42 Å². The van der Waals surface area contributed by atoms with Crippen LogP contribution in [0.3, 0.4) is 0 Å². The smallest absolute Gasteiger partial charge is 0.357 e. The molecule has 0 aliphatic carbocycles. The molecule has 0 radical (unpaired) electrons. The minimum absolute atomic E-state index is 0.0287. The molecule has 0 aliphatic rings. The van der Waals surface area contributed by atoms with Gasteiger partial charge in [0.1, 0.15) is 0 Å². The lowest BCUT2D eigenvalue weighted by Gasteiger charge is -2.00. The molecule has 0 aliphatic heterocycles. The molecule has 0 N–H and O–H groups in total. The summed E-state index contributed by atoms with van der Waals surface area (Å²) in [5.74, 6) is -0.243. The van der Waals surface area contributed by atoms with Gasteiger partial charge in [-0.1, -0.05) is 43.3 Å². The predicted octanol–water partition coefficient (Wildman–Crippen LogP) is -0.243. The summed E-state index contributed by atoms with van der Waals surface area (Å²) in [4.78, 5) is 0. The third-order valence-corrected chi connectivity index (χ3v) is 5.73. The lowest BCUT2D eigenvalue weighted by molar-refractivity contribution is -0.597. The van der Waals surface area contributed by atoms with Crippen molar-refractivity contribution in [2.45, 2.75) is 13.3 Å². The van der Waals surface area contributed by atoms with Crippen LogP contribution in [0.5, 0.6) is 0 Å². The molecule has 0 atom stereocenters. The highest BCUT2D eigenvalue weighted by Gasteiger charge is 2.12. The molecule has 2 aromatic carbocycles. The fourth-order valence-corrected chi connectivity index (χ4v) is 4.10. The zero-order valence-corrected chi connectivity index (χ0v) is 14.2. The van der Waals surface area contributed by atoms with Gasteiger partial charge in [0.15, 0.2) is 7.14 Å². The molecule has 0 spiro atoms. The Morgan fingerprint density at radius 2 is 1.30 bits per heavy atom. The Morgan fingerprint density at radius 1 is 0.900 bits per heavy atom. The van der Waals surface area contributed by atoms with E-state index in [2.05, 4.69) is 60.7 Å². The van der Waals surface area contributed by atoms with E-state index in [1.54, 1.807) is 6.92 Å². The first kappa shape index (κ1) is 17.1. The predicted molar refractivity (Wildman–Crippen MR) is 75.1 cm³/mol. The largest absolute Gasteiger partial charge is 0.748 e. The molecule has 0 unspecified atom stereocenters. The number of benzene rings is 2. The highest BCUT2D eigenvalue weighted by molar-refractivity contribution is 7.85. The Kier molecular flexibility index (Phi) is 7.79. The van der Waals surface area contributed by atoms with Gasteiger partial charge in [-0.25, -0.2) is 8.42 Å². The lowest BCUT2D eigenvalue weighted by Crippen LogP contribution is -3.61.